The summed E-state index contributed by atoms with van der Waals surface area (Å²) in [5, 5.41) is 10.2. The van der Waals surface area contributed by atoms with Crippen LogP contribution in [0, 0.1) is 0 Å². The summed E-state index contributed by atoms with van der Waals surface area (Å²) in [6.07, 6.45) is 3.76. The van der Waals surface area contributed by atoms with E-state index in [0.717, 1.165) is 25.4 Å². The number of rotatable bonds is 8. The zero-order chi connectivity index (χ0) is 29.8. The zero-order valence-electron chi connectivity index (χ0n) is 23.2. The van der Waals surface area contributed by atoms with E-state index in [1.165, 1.54) is 11.8 Å². The molecule has 0 atom stereocenters. The maximum atomic E-state index is 14.0. The van der Waals surface area contributed by atoms with Gasteiger partial charge in [0.1, 0.15) is 0 Å². The number of nitrogens with one attached hydrogen (secondary N) is 3. The number of anilines is 2. The van der Waals surface area contributed by atoms with Gasteiger partial charge in [-0.15, -0.1) is 0 Å². The standard InChI is InChI=1S/C32H29Br2N5O2S/c1-19-27(30(40)37-24-13-9-22(33)10-14-24)29(26-17-35-32(42-3)39(26)18-21-7-5-4-6-8-21)28(20(2)36-19)31(41)38-25-15-11-23(34)12-16-25/h4-17,29,36H,18H2,1-3H3,(H,37,40)(H,38,41). The van der Waals surface area contributed by atoms with E-state index in [1.807, 2.05) is 86.8 Å². The van der Waals surface area contributed by atoms with E-state index >= 15 is 0 Å². The predicted molar refractivity (Wildman–Crippen MR) is 176 cm³/mol. The highest BCUT2D eigenvalue weighted by Crippen LogP contribution is 2.40. The number of dihydropyridines is 1. The molecule has 0 unspecified atom stereocenters. The topological polar surface area (TPSA) is 88.1 Å². The molecule has 1 aliphatic rings. The fourth-order valence-electron chi connectivity index (χ4n) is 5.04. The molecule has 5 rings (SSSR count). The van der Waals surface area contributed by atoms with Crippen molar-refractivity contribution >= 4 is 66.8 Å². The predicted octanol–water partition coefficient (Wildman–Crippen LogP) is 7.69. The molecule has 0 saturated carbocycles. The number of thioether (sulfide) groups is 1. The summed E-state index contributed by atoms with van der Waals surface area (Å²) in [6.45, 7) is 4.27. The van der Waals surface area contributed by atoms with Crippen molar-refractivity contribution in [3.63, 3.8) is 0 Å². The molecule has 7 nitrogen and oxygen atoms in total. The Labute approximate surface area is 266 Å². The smallest absolute Gasteiger partial charge is 0.254 e. The Morgan fingerprint density at radius 1 is 0.833 bits per heavy atom. The number of benzene rings is 3. The largest absolute Gasteiger partial charge is 0.362 e. The fourth-order valence-corrected chi connectivity index (χ4v) is 6.12. The Morgan fingerprint density at radius 2 is 1.33 bits per heavy atom. The lowest BCUT2D eigenvalue weighted by Crippen LogP contribution is -2.36. The molecule has 0 aliphatic carbocycles. The summed E-state index contributed by atoms with van der Waals surface area (Å²) in [4.78, 5) is 32.8. The van der Waals surface area contributed by atoms with Gasteiger partial charge in [0.05, 0.1) is 17.8 Å². The van der Waals surface area contributed by atoms with E-state index in [0.29, 0.717) is 40.5 Å². The summed E-state index contributed by atoms with van der Waals surface area (Å²) in [6, 6.07) is 24.9. The molecule has 3 N–H and O–H groups in total. The number of carbonyl (C=O) groups excluding carboxylic acids is 2. The molecule has 214 valence electrons. The van der Waals surface area contributed by atoms with Gasteiger partial charge in [-0.25, -0.2) is 4.98 Å². The molecule has 1 aromatic heterocycles. The van der Waals surface area contributed by atoms with Gasteiger partial charge in [0.15, 0.2) is 5.16 Å². The zero-order valence-corrected chi connectivity index (χ0v) is 27.2. The van der Waals surface area contributed by atoms with Gasteiger partial charge in [-0.1, -0.05) is 74.0 Å². The van der Waals surface area contributed by atoms with E-state index in [2.05, 4.69) is 64.5 Å². The molecule has 1 aliphatic heterocycles. The van der Waals surface area contributed by atoms with Crippen molar-refractivity contribution < 1.29 is 9.59 Å². The molecular formula is C32H29Br2N5O2S. The summed E-state index contributed by atoms with van der Waals surface area (Å²) in [5.41, 5.74) is 5.39. The first-order valence-corrected chi connectivity index (χ1v) is 16.0. The quantitative estimate of drug-likeness (QED) is 0.164. The Hall–Kier alpha value is -3.60. The van der Waals surface area contributed by atoms with Crippen LogP contribution in [0.15, 0.2) is 122 Å². The van der Waals surface area contributed by atoms with Crippen LogP contribution >= 0.6 is 43.6 Å². The third-order valence-corrected chi connectivity index (χ3v) is 8.71. The molecular weight excluding hydrogens is 678 g/mol. The Kier molecular flexibility index (Phi) is 9.35. The highest BCUT2D eigenvalue weighted by molar-refractivity contribution is 9.10. The van der Waals surface area contributed by atoms with Crippen LogP contribution in [0.1, 0.15) is 31.0 Å². The Bertz CT molecular complexity index is 1600. The third-order valence-electron chi connectivity index (χ3n) is 6.97. The third kappa shape index (κ3) is 6.56. The molecule has 0 bridgehead atoms. The van der Waals surface area contributed by atoms with Gasteiger partial charge in [0.2, 0.25) is 0 Å². The lowest BCUT2D eigenvalue weighted by molar-refractivity contribution is -0.113. The molecule has 10 heteroatoms. The van der Waals surface area contributed by atoms with Crippen molar-refractivity contribution in [2.45, 2.75) is 31.5 Å². The van der Waals surface area contributed by atoms with Crippen molar-refractivity contribution in [1.82, 2.24) is 14.9 Å². The number of hydrogen-bond donors (Lipinski definition) is 3. The molecule has 42 heavy (non-hydrogen) atoms. The van der Waals surface area contributed by atoms with E-state index < -0.39 is 5.92 Å². The minimum Gasteiger partial charge on any atom is -0.362 e. The second-order valence-corrected chi connectivity index (χ2v) is 12.4. The Balaban J connectivity index is 1.62. The molecule has 0 saturated heterocycles. The van der Waals surface area contributed by atoms with Gasteiger partial charge < -0.3 is 20.5 Å². The monoisotopic (exact) mass is 705 g/mol. The van der Waals surface area contributed by atoms with Gasteiger partial charge in [-0.05, 0) is 74.2 Å². The first-order chi connectivity index (χ1) is 20.2. The molecule has 0 radical (unpaired) electrons. The number of nitrogens with zero attached hydrogens (tertiary/aromatic N) is 2. The molecule has 0 fully saturated rings. The van der Waals surface area contributed by atoms with Crippen LogP contribution < -0.4 is 16.0 Å². The minimum absolute atomic E-state index is 0.299. The van der Waals surface area contributed by atoms with Gasteiger partial charge in [0.25, 0.3) is 11.8 Å². The molecule has 0 spiro atoms. The number of hydrogen-bond acceptors (Lipinski definition) is 5. The van der Waals surface area contributed by atoms with Crippen LogP contribution in [0.25, 0.3) is 0 Å². The van der Waals surface area contributed by atoms with Crippen LogP contribution in [0.4, 0.5) is 11.4 Å². The molecule has 2 heterocycles. The van der Waals surface area contributed by atoms with Crippen molar-refractivity contribution in [2.75, 3.05) is 16.9 Å². The maximum absolute atomic E-state index is 14.0. The summed E-state index contributed by atoms with van der Waals surface area (Å²) < 4.78 is 3.91. The van der Waals surface area contributed by atoms with Crippen molar-refractivity contribution in [2.24, 2.45) is 0 Å². The molecule has 2 amide bonds. The van der Waals surface area contributed by atoms with E-state index in [-0.39, 0.29) is 11.8 Å². The van der Waals surface area contributed by atoms with Crippen LogP contribution in [0.2, 0.25) is 0 Å². The SMILES string of the molecule is CSc1ncc(C2C(C(=O)Nc3ccc(Br)cc3)=C(C)NC(C)=C2C(=O)Nc2ccc(Br)cc2)n1Cc1ccccc1. The molecule has 3 aromatic carbocycles. The van der Waals surface area contributed by atoms with Gasteiger partial charge in [0, 0.05) is 49.4 Å². The number of aromatic nitrogens is 2. The van der Waals surface area contributed by atoms with Crippen molar-refractivity contribution in [3.05, 3.63) is 128 Å². The Morgan fingerprint density at radius 3 is 1.81 bits per heavy atom. The highest BCUT2D eigenvalue weighted by atomic mass is 79.9. The van der Waals surface area contributed by atoms with Crippen LogP contribution in [0.3, 0.4) is 0 Å². The van der Waals surface area contributed by atoms with Gasteiger partial charge in [-0.2, -0.15) is 0 Å². The van der Waals surface area contributed by atoms with Gasteiger partial charge in [-0.3, -0.25) is 9.59 Å². The fraction of sp³-hybridized carbons (Fsp3) is 0.156. The number of halogens is 2. The maximum Gasteiger partial charge on any atom is 0.254 e. The van der Waals surface area contributed by atoms with E-state index in [9.17, 15) is 9.59 Å². The van der Waals surface area contributed by atoms with Crippen molar-refractivity contribution in [1.29, 1.82) is 0 Å². The van der Waals surface area contributed by atoms with E-state index in [1.54, 1.807) is 6.20 Å². The normalized spacial score (nSPS) is 13.6. The van der Waals surface area contributed by atoms with Crippen LogP contribution in [-0.4, -0.2) is 27.6 Å². The average Bonchev–Trinajstić information content (AvgIpc) is 3.37. The summed E-state index contributed by atoms with van der Waals surface area (Å²) in [7, 11) is 0. The second-order valence-electron chi connectivity index (χ2n) is 9.80. The lowest BCUT2D eigenvalue weighted by Gasteiger charge is -2.32. The number of carbonyl (C=O) groups is 2. The second kappa shape index (κ2) is 13.1. The minimum atomic E-state index is -0.686. The lowest BCUT2D eigenvalue weighted by atomic mass is 9.82. The summed E-state index contributed by atoms with van der Waals surface area (Å²) >= 11 is 8.42. The average molecular weight is 707 g/mol. The number of allylic oxidation sites excluding steroid dienone is 2. The van der Waals surface area contributed by atoms with Crippen LogP contribution in [0.5, 0.6) is 0 Å². The summed E-state index contributed by atoms with van der Waals surface area (Å²) in [5.74, 6) is -1.28. The van der Waals surface area contributed by atoms with Crippen molar-refractivity contribution in [3.8, 4) is 0 Å². The van der Waals surface area contributed by atoms with Gasteiger partial charge >= 0.3 is 0 Å². The highest BCUT2D eigenvalue weighted by Gasteiger charge is 2.39. The van der Waals surface area contributed by atoms with Crippen LogP contribution in [-0.2, 0) is 16.1 Å². The number of imidazole rings is 1. The molecule has 4 aromatic rings. The first-order valence-electron chi connectivity index (χ1n) is 13.2. The first kappa shape index (κ1) is 29.9. The number of amides is 2. The van der Waals surface area contributed by atoms with E-state index in [4.69, 9.17) is 4.98 Å².